The molecule has 1 fully saturated rings. The van der Waals surface area contributed by atoms with Gasteiger partial charge in [0.25, 0.3) is 0 Å². The molecule has 1 aliphatic carbocycles. The van der Waals surface area contributed by atoms with Crippen LogP contribution in [-0.4, -0.2) is 17.7 Å². The van der Waals surface area contributed by atoms with Crippen molar-refractivity contribution in [3.8, 4) is 5.75 Å². The van der Waals surface area contributed by atoms with Crippen molar-refractivity contribution in [2.24, 2.45) is 0 Å². The van der Waals surface area contributed by atoms with Crippen LogP contribution in [0.2, 0.25) is 10.0 Å². The van der Waals surface area contributed by atoms with Crippen LogP contribution >= 0.6 is 23.2 Å². The van der Waals surface area contributed by atoms with E-state index in [2.05, 4.69) is 26.1 Å². The lowest BCUT2D eigenvalue weighted by molar-refractivity contribution is -0.0152. The number of benzene rings is 1. The molecule has 1 aromatic rings. The van der Waals surface area contributed by atoms with Gasteiger partial charge in [0.05, 0.1) is 0 Å². The van der Waals surface area contributed by atoms with Crippen molar-refractivity contribution in [2.75, 3.05) is 6.54 Å². The van der Waals surface area contributed by atoms with Crippen LogP contribution in [0.15, 0.2) is 18.2 Å². The van der Waals surface area contributed by atoms with Crippen LogP contribution in [0.5, 0.6) is 5.75 Å². The van der Waals surface area contributed by atoms with Gasteiger partial charge in [-0.2, -0.15) is 0 Å². The van der Waals surface area contributed by atoms with Gasteiger partial charge in [0.15, 0.2) is 0 Å². The van der Waals surface area contributed by atoms with Gasteiger partial charge in [-0.25, -0.2) is 0 Å². The molecule has 0 spiro atoms. The van der Waals surface area contributed by atoms with E-state index in [1.54, 1.807) is 6.07 Å². The fraction of sp³-hybridized carbons (Fsp3) is 0.625. The molecule has 20 heavy (non-hydrogen) atoms. The largest absolute Gasteiger partial charge is 0.487 e. The second kappa shape index (κ2) is 6.13. The molecule has 0 radical (unpaired) electrons. The third-order valence-electron chi connectivity index (χ3n) is 3.67. The zero-order valence-corrected chi connectivity index (χ0v) is 13.9. The Hall–Kier alpha value is -0.440. The summed E-state index contributed by atoms with van der Waals surface area (Å²) in [6.07, 6.45) is 4.43. The number of halogens is 2. The van der Waals surface area contributed by atoms with E-state index in [0.29, 0.717) is 10.0 Å². The summed E-state index contributed by atoms with van der Waals surface area (Å²) in [4.78, 5) is 0. The zero-order valence-electron chi connectivity index (χ0n) is 12.4. The van der Waals surface area contributed by atoms with Crippen LogP contribution in [0.25, 0.3) is 0 Å². The van der Waals surface area contributed by atoms with Crippen LogP contribution < -0.4 is 10.1 Å². The topological polar surface area (TPSA) is 21.3 Å². The number of nitrogens with one attached hydrogen (secondary N) is 1. The average molecular weight is 316 g/mol. The first-order valence-electron chi connectivity index (χ1n) is 7.18. The summed E-state index contributed by atoms with van der Waals surface area (Å²) >= 11 is 12.1. The quantitative estimate of drug-likeness (QED) is 0.818. The first-order chi connectivity index (χ1) is 9.28. The number of hydrogen-bond acceptors (Lipinski definition) is 2. The molecule has 2 rings (SSSR count). The highest BCUT2D eigenvalue weighted by atomic mass is 35.5. The SMILES string of the molecule is CC(C)(C)NCCC1(Oc2cc(Cl)cc(Cl)c2)CCC1. The molecule has 112 valence electrons. The fourth-order valence-electron chi connectivity index (χ4n) is 2.48. The van der Waals surface area contributed by atoms with Crippen LogP contribution in [0.3, 0.4) is 0 Å². The van der Waals surface area contributed by atoms with Crippen LogP contribution in [0.4, 0.5) is 0 Å². The van der Waals surface area contributed by atoms with Crippen molar-refractivity contribution >= 4 is 23.2 Å². The highest BCUT2D eigenvalue weighted by molar-refractivity contribution is 6.34. The van der Waals surface area contributed by atoms with E-state index in [0.717, 1.165) is 31.6 Å². The molecule has 0 aromatic heterocycles. The van der Waals surface area contributed by atoms with Crippen LogP contribution in [0.1, 0.15) is 46.5 Å². The molecular formula is C16H23Cl2NO. The summed E-state index contributed by atoms with van der Waals surface area (Å²) in [5.41, 5.74) is 0.0938. The van der Waals surface area contributed by atoms with Gasteiger partial charge in [0, 0.05) is 15.6 Å². The summed E-state index contributed by atoms with van der Waals surface area (Å²) in [5.74, 6) is 0.776. The minimum Gasteiger partial charge on any atom is -0.487 e. The van der Waals surface area contributed by atoms with Gasteiger partial charge >= 0.3 is 0 Å². The first kappa shape index (κ1) is 15.9. The Balaban J connectivity index is 1.97. The first-order valence-corrected chi connectivity index (χ1v) is 7.94. The third-order valence-corrected chi connectivity index (χ3v) is 4.11. The summed E-state index contributed by atoms with van der Waals surface area (Å²) in [6.45, 7) is 7.49. The van der Waals surface area contributed by atoms with Crippen LogP contribution in [-0.2, 0) is 0 Å². The van der Waals surface area contributed by atoms with E-state index in [4.69, 9.17) is 27.9 Å². The molecule has 0 unspecified atom stereocenters. The van der Waals surface area contributed by atoms with Crippen molar-refractivity contribution in [1.29, 1.82) is 0 Å². The van der Waals surface area contributed by atoms with Crippen molar-refractivity contribution in [3.63, 3.8) is 0 Å². The Morgan fingerprint density at radius 2 is 1.75 bits per heavy atom. The normalized spacial score (nSPS) is 17.6. The third kappa shape index (κ3) is 4.54. The van der Waals surface area contributed by atoms with Crippen LogP contribution in [0, 0.1) is 0 Å². The summed E-state index contributed by atoms with van der Waals surface area (Å²) < 4.78 is 6.21. The van der Waals surface area contributed by atoms with E-state index in [-0.39, 0.29) is 11.1 Å². The predicted octanol–water partition coefficient (Wildman–Crippen LogP) is 5.07. The molecule has 0 bridgehead atoms. The number of hydrogen-bond donors (Lipinski definition) is 1. The van der Waals surface area contributed by atoms with Crippen molar-refractivity contribution < 1.29 is 4.74 Å². The average Bonchev–Trinajstić information content (AvgIpc) is 2.22. The molecule has 0 atom stereocenters. The van der Waals surface area contributed by atoms with E-state index in [1.165, 1.54) is 6.42 Å². The van der Waals surface area contributed by atoms with Crippen molar-refractivity contribution in [1.82, 2.24) is 5.32 Å². The summed E-state index contributed by atoms with van der Waals surface area (Å²) in [6, 6.07) is 5.40. The highest BCUT2D eigenvalue weighted by Crippen LogP contribution is 2.40. The summed E-state index contributed by atoms with van der Waals surface area (Å²) in [7, 11) is 0. The molecule has 0 amide bonds. The van der Waals surface area contributed by atoms with Gasteiger partial charge in [0.2, 0.25) is 0 Å². The van der Waals surface area contributed by atoms with E-state index >= 15 is 0 Å². The molecule has 2 nitrogen and oxygen atoms in total. The minimum atomic E-state index is -0.0493. The molecule has 0 saturated heterocycles. The second-order valence-corrected chi connectivity index (χ2v) is 7.54. The number of ether oxygens (including phenoxy) is 1. The number of rotatable bonds is 5. The van der Waals surface area contributed by atoms with Gasteiger partial charge in [-0.15, -0.1) is 0 Å². The Kier molecular flexibility index (Phi) is 4.88. The Bertz CT molecular complexity index is 444. The molecule has 1 N–H and O–H groups in total. The second-order valence-electron chi connectivity index (χ2n) is 6.67. The van der Waals surface area contributed by atoms with Gasteiger partial charge in [0.1, 0.15) is 11.4 Å². The molecule has 0 heterocycles. The highest BCUT2D eigenvalue weighted by Gasteiger charge is 2.39. The Morgan fingerprint density at radius 1 is 1.15 bits per heavy atom. The van der Waals surface area contributed by atoms with Gasteiger partial charge < -0.3 is 10.1 Å². The molecular weight excluding hydrogens is 293 g/mol. The van der Waals surface area contributed by atoms with Gasteiger partial charge in [-0.1, -0.05) is 23.2 Å². The molecule has 1 aliphatic rings. The fourth-order valence-corrected chi connectivity index (χ4v) is 2.98. The van der Waals surface area contributed by atoms with E-state index < -0.39 is 0 Å². The standard InChI is InChI=1S/C16H23Cl2NO/c1-15(2,3)19-8-7-16(5-4-6-16)20-14-10-12(17)9-13(18)11-14/h9-11,19H,4-8H2,1-3H3. The lowest BCUT2D eigenvalue weighted by Crippen LogP contribution is -2.47. The van der Waals surface area contributed by atoms with E-state index in [9.17, 15) is 0 Å². The lowest BCUT2D eigenvalue weighted by Gasteiger charge is -2.42. The molecule has 4 heteroatoms. The Labute approximate surface area is 131 Å². The van der Waals surface area contributed by atoms with Gasteiger partial charge in [-0.3, -0.25) is 0 Å². The maximum absolute atomic E-state index is 6.21. The minimum absolute atomic E-state index is 0.0493. The molecule has 1 aromatic carbocycles. The lowest BCUT2D eigenvalue weighted by atomic mass is 9.77. The predicted molar refractivity (Wildman–Crippen MR) is 86.0 cm³/mol. The molecule has 1 saturated carbocycles. The maximum Gasteiger partial charge on any atom is 0.123 e. The zero-order chi connectivity index (χ0) is 14.8. The molecule has 0 aliphatic heterocycles. The maximum atomic E-state index is 6.21. The Morgan fingerprint density at radius 3 is 2.20 bits per heavy atom. The summed E-state index contributed by atoms with van der Waals surface area (Å²) in [5, 5.41) is 4.76. The van der Waals surface area contributed by atoms with Crippen molar-refractivity contribution in [3.05, 3.63) is 28.2 Å². The van der Waals surface area contributed by atoms with Crippen molar-refractivity contribution in [2.45, 2.75) is 57.6 Å². The monoisotopic (exact) mass is 315 g/mol. The van der Waals surface area contributed by atoms with Gasteiger partial charge in [-0.05, 0) is 71.2 Å². The van der Waals surface area contributed by atoms with E-state index in [1.807, 2.05) is 12.1 Å². The smallest absolute Gasteiger partial charge is 0.123 e.